The summed E-state index contributed by atoms with van der Waals surface area (Å²) < 4.78 is 10.9. The summed E-state index contributed by atoms with van der Waals surface area (Å²) in [6.45, 7) is 3.84. The van der Waals surface area contributed by atoms with Gasteiger partial charge in [-0.3, -0.25) is 14.6 Å². The molecule has 0 bridgehead atoms. The number of aromatic nitrogens is 1. The third-order valence-corrected chi connectivity index (χ3v) is 5.60. The van der Waals surface area contributed by atoms with Crippen LogP contribution in [-0.4, -0.2) is 40.9 Å². The average Bonchev–Trinajstić information content (AvgIpc) is 3.38. The van der Waals surface area contributed by atoms with Gasteiger partial charge in [0.15, 0.2) is 11.5 Å². The van der Waals surface area contributed by atoms with Crippen molar-refractivity contribution in [3.63, 3.8) is 0 Å². The van der Waals surface area contributed by atoms with Crippen LogP contribution in [0, 0.1) is 5.92 Å². The van der Waals surface area contributed by atoms with Gasteiger partial charge in [0.1, 0.15) is 12.3 Å². The van der Waals surface area contributed by atoms with E-state index in [0.29, 0.717) is 17.2 Å². The summed E-state index contributed by atoms with van der Waals surface area (Å²) in [5.41, 5.74) is 5.40. The Balaban J connectivity index is 1.48. The molecule has 3 unspecified atom stereocenters. The van der Waals surface area contributed by atoms with E-state index in [9.17, 15) is 9.59 Å². The van der Waals surface area contributed by atoms with E-state index in [4.69, 9.17) is 9.47 Å². The highest BCUT2D eigenvalue weighted by molar-refractivity contribution is 5.97. The number of benzene rings is 1. The van der Waals surface area contributed by atoms with Crippen LogP contribution in [-0.2, 0) is 9.59 Å². The number of carbonyl (C=O) groups is 2. The third kappa shape index (κ3) is 3.46. The number of fused-ring (bicyclic) bond motifs is 2. The van der Waals surface area contributed by atoms with Gasteiger partial charge in [0, 0.05) is 29.5 Å². The summed E-state index contributed by atoms with van der Waals surface area (Å²) in [7, 11) is 0. The Morgan fingerprint density at radius 3 is 2.84 bits per heavy atom. The van der Waals surface area contributed by atoms with E-state index in [-0.39, 0.29) is 30.4 Å². The first kappa shape index (κ1) is 19.4. The quantitative estimate of drug-likeness (QED) is 0.684. The molecule has 1 saturated heterocycles. The van der Waals surface area contributed by atoms with Gasteiger partial charge in [-0.2, -0.15) is 0 Å². The third-order valence-electron chi connectivity index (χ3n) is 5.60. The number of nitrogens with one attached hydrogen (secondary N) is 3. The zero-order valence-electron chi connectivity index (χ0n) is 17.2. The number of ether oxygens (including phenoxy) is 2. The van der Waals surface area contributed by atoms with Crippen molar-refractivity contribution in [2.75, 3.05) is 6.79 Å². The predicted octanol–water partition coefficient (Wildman–Crippen LogP) is 1.31. The largest absolute Gasteiger partial charge is 0.454 e. The Hall–Kier alpha value is -3.59. The molecule has 0 aliphatic carbocycles. The summed E-state index contributed by atoms with van der Waals surface area (Å²) in [6.07, 6.45) is 2.31. The van der Waals surface area contributed by atoms with Gasteiger partial charge >= 0.3 is 0 Å². The van der Waals surface area contributed by atoms with Crippen LogP contribution < -0.4 is 25.5 Å². The van der Waals surface area contributed by atoms with Crippen molar-refractivity contribution in [1.82, 2.24) is 26.1 Å². The van der Waals surface area contributed by atoms with Crippen molar-refractivity contribution in [3.8, 4) is 11.5 Å². The fraction of sp³-hybridized carbons (Fsp3) is 0.318. The Morgan fingerprint density at radius 2 is 2.06 bits per heavy atom. The lowest BCUT2D eigenvalue weighted by Gasteiger charge is -2.32. The van der Waals surface area contributed by atoms with Crippen LogP contribution in [0.15, 0.2) is 48.7 Å². The number of rotatable bonds is 4. The highest BCUT2D eigenvalue weighted by Crippen LogP contribution is 2.37. The number of hydrazine groups is 1. The number of pyridine rings is 1. The molecular formula is C22H23N5O4. The van der Waals surface area contributed by atoms with Gasteiger partial charge in [-0.1, -0.05) is 19.9 Å². The lowest BCUT2D eigenvalue weighted by molar-refractivity contribution is -0.132. The van der Waals surface area contributed by atoms with E-state index >= 15 is 0 Å². The first-order valence-corrected chi connectivity index (χ1v) is 10.2. The molecule has 2 aromatic rings. The van der Waals surface area contributed by atoms with Crippen molar-refractivity contribution in [2.45, 2.75) is 32.1 Å². The van der Waals surface area contributed by atoms with Crippen LogP contribution in [0.3, 0.4) is 0 Å². The zero-order chi connectivity index (χ0) is 21.5. The molecule has 1 aromatic carbocycles. The molecule has 4 heterocycles. The minimum Gasteiger partial charge on any atom is -0.454 e. The molecular weight excluding hydrogens is 398 g/mol. The van der Waals surface area contributed by atoms with Crippen LogP contribution in [0.1, 0.15) is 31.0 Å². The van der Waals surface area contributed by atoms with Gasteiger partial charge in [-0.25, -0.2) is 10.4 Å². The molecule has 0 radical (unpaired) electrons. The molecule has 1 aromatic heterocycles. The molecule has 3 N–H and O–H groups in total. The number of carbonyl (C=O) groups excluding carboxylic acids is 2. The fourth-order valence-electron chi connectivity index (χ4n) is 3.98. The number of hydrogen-bond donors (Lipinski definition) is 3. The van der Waals surface area contributed by atoms with Crippen molar-refractivity contribution >= 4 is 17.5 Å². The van der Waals surface area contributed by atoms with Crippen LogP contribution in [0.4, 0.5) is 0 Å². The molecule has 5 rings (SSSR count). The normalized spacial score (nSPS) is 24.0. The SMILES string of the molecule is CC(C)C(=O)NC1NN2C(=O)C=C(c3ccc4c(c3)OCO4)NC2C1c1ccccn1. The fourth-order valence-corrected chi connectivity index (χ4v) is 3.98. The van der Waals surface area contributed by atoms with E-state index in [1.54, 1.807) is 6.20 Å². The van der Waals surface area contributed by atoms with Gasteiger partial charge in [-0.15, -0.1) is 0 Å². The van der Waals surface area contributed by atoms with Crippen LogP contribution in [0.2, 0.25) is 0 Å². The lowest BCUT2D eigenvalue weighted by atomic mass is 9.96. The summed E-state index contributed by atoms with van der Waals surface area (Å²) in [6, 6.07) is 11.2. The first-order valence-electron chi connectivity index (χ1n) is 10.2. The van der Waals surface area contributed by atoms with Crippen molar-refractivity contribution in [3.05, 3.63) is 59.9 Å². The van der Waals surface area contributed by atoms with E-state index in [2.05, 4.69) is 21.0 Å². The summed E-state index contributed by atoms with van der Waals surface area (Å²) in [5, 5.41) is 7.97. The van der Waals surface area contributed by atoms with Crippen LogP contribution in [0.25, 0.3) is 5.70 Å². The molecule has 0 spiro atoms. The van der Waals surface area contributed by atoms with E-state index < -0.39 is 12.3 Å². The maximum absolute atomic E-state index is 13.0. The van der Waals surface area contributed by atoms with Gasteiger partial charge in [0.25, 0.3) is 5.91 Å². The standard InChI is InChI=1S/C22H23N5O4/c1-12(2)22(29)25-20-19(14-5-3-4-8-23-14)21-24-15(10-18(28)27(21)26-20)13-6-7-16-17(9-13)31-11-30-16/h3-10,12,19-21,24,26H,11H2,1-2H3,(H,25,29). The smallest absolute Gasteiger partial charge is 0.264 e. The molecule has 9 heteroatoms. The number of nitrogens with zero attached hydrogens (tertiary/aromatic N) is 2. The van der Waals surface area contributed by atoms with E-state index in [0.717, 1.165) is 11.3 Å². The van der Waals surface area contributed by atoms with Crippen molar-refractivity contribution in [1.29, 1.82) is 0 Å². The highest BCUT2D eigenvalue weighted by Gasteiger charge is 2.48. The predicted molar refractivity (Wildman–Crippen MR) is 111 cm³/mol. The van der Waals surface area contributed by atoms with E-state index in [1.165, 1.54) is 11.1 Å². The monoisotopic (exact) mass is 421 g/mol. The molecule has 3 aliphatic rings. The first-order chi connectivity index (χ1) is 15.0. The molecule has 1 fully saturated rings. The number of hydrogen-bond acceptors (Lipinski definition) is 7. The second-order valence-corrected chi connectivity index (χ2v) is 7.97. The Bertz CT molecular complexity index is 1060. The minimum absolute atomic E-state index is 0.102. The van der Waals surface area contributed by atoms with Crippen LogP contribution >= 0.6 is 0 Å². The molecule has 31 heavy (non-hydrogen) atoms. The number of amides is 2. The topological polar surface area (TPSA) is 105 Å². The molecule has 2 amide bonds. The Kier molecular flexibility index (Phi) is 4.74. The van der Waals surface area contributed by atoms with Crippen molar-refractivity contribution in [2.24, 2.45) is 5.92 Å². The van der Waals surface area contributed by atoms with Crippen molar-refractivity contribution < 1.29 is 19.1 Å². The van der Waals surface area contributed by atoms with Gasteiger partial charge in [-0.05, 0) is 30.3 Å². The maximum atomic E-state index is 13.0. The van der Waals surface area contributed by atoms with Crippen LogP contribution in [0.5, 0.6) is 11.5 Å². The molecule has 9 nitrogen and oxygen atoms in total. The van der Waals surface area contributed by atoms with Gasteiger partial charge < -0.3 is 20.1 Å². The average molecular weight is 421 g/mol. The molecule has 3 aliphatic heterocycles. The molecule has 0 saturated carbocycles. The zero-order valence-corrected chi connectivity index (χ0v) is 17.2. The highest BCUT2D eigenvalue weighted by atomic mass is 16.7. The second-order valence-electron chi connectivity index (χ2n) is 7.97. The summed E-state index contributed by atoms with van der Waals surface area (Å²) in [4.78, 5) is 29.9. The maximum Gasteiger partial charge on any atom is 0.264 e. The molecule has 3 atom stereocenters. The lowest BCUT2D eigenvalue weighted by Crippen LogP contribution is -2.53. The summed E-state index contributed by atoms with van der Waals surface area (Å²) in [5.74, 6) is 0.523. The van der Waals surface area contributed by atoms with E-state index in [1.807, 2.05) is 50.2 Å². The van der Waals surface area contributed by atoms with Gasteiger partial charge in [0.05, 0.1) is 11.6 Å². The Labute approximate surface area is 179 Å². The summed E-state index contributed by atoms with van der Waals surface area (Å²) >= 11 is 0. The van der Waals surface area contributed by atoms with Gasteiger partial charge in [0.2, 0.25) is 12.7 Å². The minimum atomic E-state index is -0.490. The molecule has 160 valence electrons. The second kappa shape index (κ2) is 7.59. The Morgan fingerprint density at radius 1 is 1.23 bits per heavy atom.